The van der Waals surface area contributed by atoms with Gasteiger partial charge in [0.15, 0.2) is 0 Å². The summed E-state index contributed by atoms with van der Waals surface area (Å²) < 4.78 is 2.14. The van der Waals surface area contributed by atoms with Crippen LogP contribution in [0, 0.1) is 0 Å². The molecule has 1 aliphatic heterocycles. The molecule has 0 aliphatic carbocycles. The first-order valence-electron chi connectivity index (χ1n) is 11.9. The molecule has 1 aliphatic rings. The van der Waals surface area contributed by atoms with Gasteiger partial charge in [-0.05, 0) is 60.2 Å². The molecule has 0 saturated carbocycles. The fourth-order valence-corrected chi connectivity index (χ4v) is 4.66. The minimum absolute atomic E-state index is 0.115. The number of benzene rings is 3. The number of hydrogen-bond donors (Lipinski definition) is 2. The number of nitrogens with zero attached hydrogens (tertiary/aromatic N) is 2. The number of para-hydroxylation sites is 2. The van der Waals surface area contributed by atoms with Gasteiger partial charge < -0.3 is 10.6 Å². The lowest BCUT2D eigenvalue weighted by atomic mass is 9.92. The molecule has 0 fully saturated rings. The van der Waals surface area contributed by atoms with E-state index in [0.29, 0.717) is 11.5 Å². The summed E-state index contributed by atoms with van der Waals surface area (Å²) in [4.78, 5) is 18.5. The zero-order chi connectivity index (χ0) is 23.8. The third-order valence-corrected chi connectivity index (χ3v) is 6.61. The third-order valence-electron chi connectivity index (χ3n) is 6.61. The van der Waals surface area contributed by atoms with E-state index in [4.69, 9.17) is 4.98 Å². The summed E-state index contributed by atoms with van der Waals surface area (Å²) in [5, 5.41) is 6.51. The Balaban J connectivity index is 1.61. The number of imidazole rings is 1. The minimum Gasteiger partial charge on any atom is -0.329 e. The van der Waals surface area contributed by atoms with Gasteiger partial charge in [0.05, 0.1) is 22.6 Å². The van der Waals surface area contributed by atoms with Crippen LogP contribution in [0.3, 0.4) is 0 Å². The van der Waals surface area contributed by atoms with E-state index in [9.17, 15) is 4.79 Å². The number of anilines is 2. The molecule has 0 radical (unpaired) electrons. The van der Waals surface area contributed by atoms with Gasteiger partial charge in [-0.3, -0.25) is 9.36 Å². The summed E-state index contributed by atoms with van der Waals surface area (Å²) in [5.41, 5.74) is 7.75. The molecule has 1 atom stereocenters. The van der Waals surface area contributed by atoms with Crippen molar-refractivity contribution < 1.29 is 4.79 Å². The van der Waals surface area contributed by atoms with Gasteiger partial charge >= 0.3 is 0 Å². The molecule has 2 heterocycles. The Labute approximate surface area is 200 Å². The number of aryl methyl sites for hydroxylation is 1. The SMILES string of the molecule is CCc1ccc(NC(=O)C2=C(C)Nc3nc4ccccc4n3C2c2ccc(C(C)C)cc2)cc1. The summed E-state index contributed by atoms with van der Waals surface area (Å²) in [7, 11) is 0. The van der Waals surface area contributed by atoms with E-state index in [2.05, 4.69) is 78.4 Å². The van der Waals surface area contributed by atoms with Crippen LogP contribution in [0.25, 0.3) is 11.0 Å². The first kappa shape index (κ1) is 22.0. The van der Waals surface area contributed by atoms with Crippen molar-refractivity contribution >= 4 is 28.6 Å². The summed E-state index contributed by atoms with van der Waals surface area (Å²) in [6, 6.07) is 24.4. The molecule has 34 heavy (non-hydrogen) atoms. The molecule has 1 aromatic heterocycles. The lowest BCUT2D eigenvalue weighted by Gasteiger charge is -2.31. The quantitative estimate of drug-likeness (QED) is 0.358. The van der Waals surface area contributed by atoms with Gasteiger partial charge in [-0.1, -0.05) is 69.3 Å². The first-order valence-corrected chi connectivity index (χ1v) is 11.9. The Hall–Kier alpha value is -3.86. The number of amides is 1. The Morgan fingerprint density at radius 1 is 1.03 bits per heavy atom. The second kappa shape index (κ2) is 8.82. The number of carbonyl (C=O) groups excluding carboxylic acids is 1. The normalized spacial score (nSPS) is 15.4. The van der Waals surface area contributed by atoms with Crippen molar-refractivity contribution in [2.24, 2.45) is 0 Å². The molecule has 172 valence electrons. The molecular formula is C29H30N4O. The van der Waals surface area contributed by atoms with Gasteiger partial charge in [-0.15, -0.1) is 0 Å². The standard InChI is InChI=1S/C29H30N4O/c1-5-20-10-16-23(17-11-20)31-28(34)26-19(4)30-29-32-24-8-6-7-9-25(24)33(29)27(26)22-14-12-21(13-15-22)18(2)3/h6-18,27H,5H2,1-4H3,(H,30,32)(H,31,34). The summed E-state index contributed by atoms with van der Waals surface area (Å²) in [6.45, 7) is 8.45. The predicted molar refractivity (Wildman–Crippen MR) is 139 cm³/mol. The Kier molecular flexibility index (Phi) is 5.70. The van der Waals surface area contributed by atoms with E-state index in [1.54, 1.807) is 0 Å². The van der Waals surface area contributed by atoms with Crippen molar-refractivity contribution in [1.29, 1.82) is 0 Å². The van der Waals surface area contributed by atoms with E-state index in [0.717, 1.165) is 40.4 Å². The Morgan fingerprint density at radius 3 is 2.41 bits per heavy atom. The average Bonchev–Trinajstić information content (AvgIpc) is 3.21. The van der Waals surface area contributed by atoms with Crippen molar-refractivity contribution in [2.45, 2.75) is 46.1 Å². The average molecular weight is 451 g/mol. The van der Waals surface area contributed by atoms with E-state index < -0.39 is 0 Å². The molecule has 5 nitrogen and oxygen atoms in total. The van der Waals surface area contributed by atoms with Gasteiger partial charge in [0.1, 0.15) is 0 Å². The molecule has 0 saturated heterocycles. The number of allylic oxidation sites excluding steroid dienone is 1. The number of rotatable bonds is 5. The zero-order valence-electron chi connectivity index (χ0n) is 20.1. The van der Waals surface area contributed by atoms with Crippen molar-refractivity contribution in [1.82, 2.24) is 9.55 Å². The van der Waals surface area contributed by atoms with Crippen molar-refractivity contribution in [2.75, 3.05) is 10.6 Å². The summed E-state index contributed by atoms with van der Waals surface area (Å²) in [5.74, 6) is 1.08. The van der Waals surface area contributed by atoms with Crippen LogP contribution in [0.4, 0.5) is 11.6 Å². The summed E-state index contributed by atoms with van der Waals surface area (Å²) in [6.07, 6.45) is 0.966. The minimum atomic E-state index is -0.292. The van der Waals surface area contributed by atoms with Gasteiger partial charge in [0.25, 0.3) is 5.91 Å². The molecule has 0 spiro atoms. The third kappa shape index (κ3) is 3.87. The summed E-state index contributed by atoms with van der Waals surface area (Å²) >= 11 is 0. The van der Waals surface area contributed by atoms with Crippen LogP contribution in [0.2, 0.25) is 0 Å². The molecule has 1 unspecified atom stereocenters. The maximum Gasteiger partial charge on any atom is 0.255 e. The van der Waals surface area contributed by atoms with Crippen molar-refractivity contribution in [3.8, 4) is 0 Å². The van der Waals surface area contributed by atoms with E-state index in [-0.39, 0.29) is 11.9 Å². The van der Waals surface area contributed by atoms with E-state index in [1.807, 2.05) is 37.3 Å². The van der Waals surface area contributed by atoms with E-state index >= 15 is 0 Å². The number of carbonyl (C=O) groups is 1. The molecular weight excluding hydrogens is 420 g/mol. The second-order valence-electron chi connectivity index (χ2n) is 9.19. The Morgan fingerprint density at radius 2 is 1.74 bits per heavy atom. The zero-order valence-corrected chi connectivity index (χ0v) is 20.1. The molecule has 5 heteroatoms. The Bertz CT molecular complexity index is 1380. The molecule has 5 rings (SSSR count). The molecule has 0 bridgehead atoms. The van der Waals surface area contributed by atoms with Gasteiger partial charge in [0.2, 0.25) is 5.95 Å². The van der Waals surface area contributed by atoms with Crippen molar-refractivity contribution in [3.05, 3.63) is 101 Å². The lowest BCUT2D eigenvalue weighted by Crippen LogP contribution is -2.30. The highest BCUT2D eigenvalue weighted by Gasteiger charge is 2.34. The molecule has 2 N–H and O–H groups in total. The smallest absolute Gasteiger partial charge is 0.255 e. The molecule has 4 aromatic rings. The topological polar surface area (TPSA) is 59.0 Å². The highest BCUT2D eigenvalue weighted by Crippen LogP contribution is 2.39. The van der Waals surface area contributed by atoms with E-state index in [1.165, 1.54) is 11.1 Å². The highest BCUT2D eigenvalue weighted by atomic mass is 16.1. The van der Waals surface area contributed by atoms with Crippen molar-refractivity contribution in [3.63, 3.8) is 0 Å². The van der Waals surface area contributed by atoms with Crippen LogP contribution in [0.1, 0.15) is 56.3 Å². The second-order valence-corrected chi connectivity index (χ2v) is 9.19. The van der Waals surface area contributed by atoms with Gasteiger partial charge in [-0.25, -0.2) is 4.98 Å². The fourth-order valence-electron chi connectivity index (χ4n) is 4.66. The first-order chi connectivity index (χ1) is 16.5. The largest absolute Gasteiger partial charge is 0.329 e. The monoisotopic (exact) mass is 450 g/mol. The lowest BCUT2D eigenvalue weighted by molar-refractivity contribution is -0.113. The maximum atomic E-state index is 13.7. The number of hydrogen-bond acceptors (Lipinski definition) is 3. The van der Waals surface area contributed by atoms with Crippen LogP contribution in [-0.2, 0) is 11.2 Å². The van der Waals surface area contributed by atoms with Crippen LogP contribution in [0.5, 0.6) is 0 Å². The molecule has 3 aromatic carbocycles. The van der Waals surface area contributed by atoms with Gasteiger partial charge in [0, 0.05) is 11.4 Å². The highest BCUT2D eigenvalue weighted by molar-refractivity contribution is 6.06. The predicted octanol–water partition coefficient (Wildman–Crippen LogP) is 6.65. The molecule has 1 amide bonds. The number of aromatic nitrogens is 2. The van der Waals surface area contributed by atoms with Gasteiger partial charge in [-0.2, -0.15) is 0 Å². The fraction of sp³-hybridized carbons (Fsp3) is 0.241. The van der Waals surface area contributed by atoms with Crippen LogP contribution in [0.15, 0.2) is 84.1 Å². The van der Waals surface area contributed by atoms with Crippen LogP contribution in [-0.4, -0.2) is 15.5 Å². The van der Waals surface area contributed by atoms with Crippen LogP contribution >= 0.6 is 0 Å². The number of nitrogens with one attached hydrogen (secondary N) is 2. The maximum absolute atomic E-state index is 13.7. The van der Waals surface area contributed by atoms with Crippen LogP contribution < -0.4 is 10.6 Å². The number of fused-ring (bicyclic) bond motifs is 3.